The minimum atomic E-state index is -0.827. The number of rotatable bonds is 3. The summed E-state index contributed by atoms with van der Waals surface area (Å²) in [5, 5.41) is 12.2. The zero-order valence-corrected chi connectivity index (χ0v) is 16.0. The second-order valence-electron chi connectivity index (χ2n) is 7.91. The lowest BCUT2D eigenvalue weighted by Gasteiger charge is -2.29. The Morgan fingerprint density at radius 3 is 2.58 bits per heavy atom. The Balaban J connectivity index is 1.98. The number of hydrogen-bond acceptors (Lipinski definition) is 3. The summed E-state index contributed by atoms with van der Waals surface area (Å²) in [6.45, 7) is 4.84. The van der Waals surface area contributed by atoms with Gasteiger partial charge in [0.1, 0.15) is 0 Å². The molecule has 134 valence electrons. The van der Waals surface area contributed by atoms with E-state index >= 15 is 0 Å². The van der Waals surface area contributed by atoms with Crippen LogP contribution in [0.25, 0.3) is 21.2 Å². The predicted molar refractivity (Wildman–Crippen MR) is 108 cm³/mol. The van der Waals surface area contributed by atoms with E-state index in [9.17, 15) is 9.90 Å². The molecule has 0 saturated heterocycles. The standard InChI is InChI=1S/C22H23NO2S/c1-22(2)8-7-18-17(11-22)19(21(24)25)20(26-18)16-10-14-6-4-3-5-13(14)9-15(16)12-23/h3-6,9-10H,7-8,11-12,23H2,1-2H3,(H,24,25). The summed E-state index contributed by atoms with van der Waals surface area (Å²) in [6, 6.07) is 12.4. The SMILES string of the molecule is CC1(C)CCc2sc(-c3cc4ccccc4cc3CN)c(C(=O)O)c2C1. The average Bonchev–Trinajstić information content (AvgIpc) is 2.97. The highest BCUT2D eigenvalue weighted by atomic mass is 32.1. The van der Waals surface area contributed by atoms with Gasteiger partial charge in [0.2, 0.25) is 0 Å². The molecule has 0 spiro atoms. The van der Waals surface area contributed by atoms with E-state index in [-0.39, 0.29) is 5.41 Å². The van der Waals surface area contributed by atoms with Gasteiger partial charge in [-0.1, -0.05) is 38.1 Å². The average molecular weight is 365 g/mol. The van der Waals surface area contributed by atoms with Crippen LogP contribution >= 0.6 is 11.3 Å². The van der Waals surface area contributed by atoms with Crippen LogP contribution in [-0.4, -0.2) is 11.1 Å². The number of benzene rings is 2. The summed E-state index contributed by atoms with van der Waals surface area (Å²) in [4.78, 5) is 14.3. The smallest absolute Gasteiger partial charge is 0.337 e. The van der Waals surface area contributed by atoms with Crippen LogP contribution in [0, 0.1) is 5.41 Å². The van der Waals surface area contributed by atoms with Crippen molar-refractivity contribution >= 4 is 28.1 Å². The Bertz CT molecular complexity index is 1020. The third-order valence-corrected chi connectivity index (χ3v) is 6.75. The van der Waals surface area contributed by atoms with E-state index in [1.54, 1.807) is 11.3 Å². The van der Waals surface area contributed by atoms with Crippen LogP contribution in [0.2, 0.25) is 0 Å². The predicted octanol–water partition coefficient (Wildman–Crippen LogP) is 5.24. The number of thiophene rings is 1. The molecule has 4 heteroatoms. The minimum absolute atomic E-state index is 0.148. The second kappa shape index (κ2) is 6.22. The number of aryl methyl sites for hydroxylation is 1. The lowest BCUT2D eigenvalue weighted by Crippen LogP contribution is -2.22. The molecule has 3 N–H and O–H groups in total. The Hall–Kier alpha value is -2.17. The molecule has 0 radical (unpaired) electrons. The highest BCUT2D eigenvalue weighted by Gasteiger charge is 2.33. The number of aromatic carboxylic acids is 1. The number of carboxylic acids is 1. The zero-order valence-electron chi connectivity index (χ0n) is 15.1. The van der Waals surface area contributed by atoms with Crippen LogP contribution in [0.3, 0.4) is 0 Å². The summed E-state index contributed by atoms with van der Waals surface area (Å²) < 4.78 is 0. The van der Waals surface area contributed by atoms with Gasteiger partial charge < -0.3 is 10.8 Å². The van der Waals surface area contributed by atoms with Crippen molar-refractivity contribution in [3.05, 3.63) is 58.0 Å². The first kappa shape index (κ1) is 17.3. The van der Waals surface area contributed by atoms with Crippen LogP contribution in [0.1, 0.15) is 46.6 Å². The van der Waals surface area contributed by atoms with Crippen LogP contribution in [0.5, 0.6) is 0 Å². The Labute approximate surface area is 157 Å². The van der Waals surface area contributed by atoms with Crippen molar-refractivity contribution in [2.75, 3.05) is 0 Å². The maximum atomic E-state index is 12.2. The van der Waals surface area contributed by atoms with E-state index in [1.807, 2.05) is 12.1 Å². The number of carboxylic acid groups (broad SMARTS) is 1. The molecular weight excluding hydrogens is 342 g/mol. The molecule has 26 heavy (non-hydrogen) atoms. The Morgan fingerprint density at radius 2 is 1.92 bits per heavy atom. The van der Waals surface area contributed by atoms with E-state index in [0.717, 1.165) is 51.6 Å². The van der Waals surface area contributed by atoms with Crippen molar-refractivity contribution in [1.29, 1.82) is 0 Å². The highest BCUT2D eigenvalue weighted by Crippen LogP contribution is 2.46. The molecular formula is C22H23NO2S. The number of carbonyl (C=O) groups is 1. The Kier molecular flexibility index (Phi) is 4.13. The van der Waals surface area contributed by atoms with Gasteiger partial charge >= 0.3 is 5.97 Å². The van der Waals surface area contributed by atoms with Gasteiger partial charge in [0, 0.05) is 16.3 Å². The van der Waals surface area contributed by atoms with Gasteiger partial charge in [0.05, 0.1) is 5.56 Å². The number of hydrogen-bond donors (Lipinski definition) is 2. The van der Waals surface area contributed by atoms with Crippen molar-refractivity contribution in [2.24, 2.45) is 11.1 Å². The van der Waals surface area contributed by atoms with Gasteiger partial charge in [-0.2, -0.15) is 0 Å². The molecule has 0 aliphatic heterocycles. The largest absolute Gasteiger partial charge is 0.478 e. The van der Waals surface area contributed by atoms with E-state index in [2.05, 4.69) is 38.1 Å². The number of fused-ring (bicyclic) bond motifs is 2. The summed E-state index contributed by atoms with van der Waals surface area (Å²) >= 11 is 1.65. The van der Waals surface area contributed by atoms with E-state index in [4.69, 9.17) is 5.73 Å². The zero-order chi connectivity index (χ0) is 18.5. The van der Waals surface area contributed by atoms with Crippen molar-refractivity contribution in [3.63, 3.8) is 0 Å². The van der Waals surface area contributed by atoms with Crippen LogP contribution in [0.15, 0.2) is 36.4 Å². The van der Waals surface area contributed by atoms with Crippen molar-refractivity contribution in [1.82, 2.24) is 0 Å². The van der Waals surface area contributed by atoms with Crippen LogP contribution < -0.4 is 5.73 Å². The molecule has 3 aromatic rings. The van der Waals surface area contributed by atoms with Crippen LogP contribution in [0.4, 0.5) is 0 Å². The van der Waals surface area contributed by atoms with Crippen molar-refractivity contribution in [3.8, 4) is 10.4 Å². The maximum Gasteiger partial charge on any atom is 0.337 e. The maximum absolute atomic E-state index is 12.2. The van der Waals surface area contributed by atoms with Gasteiger partial charge in [-0.15, -0.1) is 11.3 Å². The molecule has 0 unspecified atom stereocenters. The quantitative estimate of drug-likeness (QED) is 0.667. The first-order valence-electron chi connectivity index (χ1n) is 8.99. The summed E-state index contributed by atoms with van der Waals surface area (Å²) in [5.41, 5.74) is 9.67. The lowest BCUT2D eigenvalue weighted by molar-refractivity contribution is 0.0696. The lowest BCUT2D eigenvalue weighted by atomic mass is 9.76. The van der Waals surface area contributed by atoms with Gasteiger partial charge in [-0.25, -0.2) is 4.79 Å². The van der Waals surface area contributed by atoms with Gasteiger partial charge in [0.25, 0.3) is 0 Å². The summed E-state index contributed by atoms with van der Waals surface area (Å²) in [7, 11) is 0. The molecule has 0 saturated carbocycles. The fourth-order valence-corrected chi connectivity index (χ4v) is 5.36. The fraction of sp³-hybridized carbons (Fsp3) is 0.318. The molecule has 0 bridgehead atoms. The van der Waals surface area contributed by atoms with E-state index < -0.39 is 5.97 Å². The van der Waals surface area contributed by atoms with E-state index in [1.165, 1.54) is 4.88 Å². The monoisotopic (exact) mass is 365 g/mol. The highest BCUT2D eigenvalue weighted by molar-refractivity contribution is 7.16. The van der Waals surface area contributed by atoms with Crippen molar-refractivity contribution in [2.45, 2.75) is 39.7 Å². The van der Waals surface area contributed by atoms with Gasteiger partial charge in [-0.3, -0.25) is 0 Å². The van der Waals surface area contributed by atoms with Gasteiger partial charge in [-0.05, 0) is 64.3 Å². The molecule has 3 nitrogen and oxygen atoms in total. The molecule has 4 rings (SSSR count). The topological polar surface area (TPSA) is 63.3 Å². The molecule has 1 heterocycles. The minimum Gasteiger partial charge on any atom is -0.478 e. The Morgan fingerprint density at radius 1 is 1.23 bits per heavy atom. The first-order valence-corrected chi connectivity index (χ1v) is 9.81. The summed E-state index contributed by atoms with van der Waals surface area (Å²) in [6.07, 6.45) is 2.88. The molecule has 1 aliphatic rings. The third-order valence-electron chi connectivity index (χ3n) is 5.42. The first-order chi connectivity index (χ1) is 12.4. The van der Waals surface area contributed by atoms with Crippen molar-refractivity contribution < 1.29 is 9.90 Å². The molecule has 0 atom stereocenters. The molecule has 0 amide bonds. The molecule has 2 aromatic carbocycles. The molecule has 1 aromatic heterocycles. The van der Waals surface area contributed by atoms with Gasteiger partial charge in [0.15, 0.2) is 0 Å². The normalized spacial score (nSPS) is 15.8. The number of nitrogens with two attached hydrogens (primary N) is 1. The molecule has 0 fully saturated rings. The fourth-order valence-electron chi connectivity index (χ4n) is 4.00. The summed E-state index contributed by atoms with van der Waals surface area (Å²) in [5.74, 6) is -0.827. The third kappa shape index (κ3) is 2.83. The van der Waals surface area contributed by atoms with Crippen LogP contribution in [-0.2, 0) is 19.4 Å². The molecule has 1 aliphatic carbocycles. The van der Waals surface area contributed by atoms with E-state index in [0.29, 0.717) is 12.1 Å². The second-order valence-corrected chi connectivity index (χ2v) is 9.02.